The number of carbonyl (C=O) groups is 1. The van der Waals surface area contributed by atoms with Gasteiger partial charge in [-0.2, -0.15) is 11.8 Å². The fourth-order valence-electron chi connectivity index (χ4n) is 1.51. The zero-order valence-electron chi connectivity index (χ0n) is 9.05. The summed E-state index contributed by atoms with van der Waals surface area (Å²) in [5.74, 6) is 0.989. The van der Waals surface area contributed by atoms with Crippen molar-refractivity contribution in [2.24, 2.45) is 4.99 Å². The summed E-state index contributed by atoms with van der Waals surface area (Å²) < 4.78 is 0. The Balaban J connectivity index is 2.10. The van der Waals surface area contributed by atoms with Gasteiger partial charge in [0, 0.05) is 5.56 Å². The molecule has 1 heterocycles. The van der Waals surface area contributed by atoms with Gasteiger partial charge in [0.1, 0.15) is 11.1 Å². The van der Waals surface area contributed by atoms with Crippen LogP contribution in [-0.4, -0.2) is 28.2 Å². The molecule has 1 aliphatic heterocycles. The Morgan fingerprint density at radius 1 is 1.38 bits per heavy atom. The van der Waals surface area contributed by atoms with Crippen molar-refractivity contribution < 1.29 is 4.79 Å². The van der Waals surface area contributed by atoms with E-state index in [9.17, 15) is 4.79 Å². The fourth-order valence-corrected chi connectivity index (χ4v) is 2.90. The summed E-state index contributed by atoms with van der Waals surface area (Å²) in [4.78, 5) is 16.2. The van der Waals surface area contributed by atoms with E-state index in [1.807, 2.05) is 36.6 Å². The van der Waals surface area contributed by atoms with Crippen molar-refractivity contribution in [3.8, 4) is 0 Å². The summed E-state index contributed by atoms with van der Waals surface area (Å²) in [5.41, 5.74) is 1.05. The molecule has 0 fully saturated rings. The van der Waals surface area contributed by atoms with E-state index >= 15 is 0 Å². The summed E-state index contributed by atoms with van der Waals surface area (Å²) in [6.45, 7) is 0. The normalized spacial score (nSPS) is 19.9. The first-order chi connectivity index (χ1) is 7.81. The Kier molecular flexibility index (Phi) is 4.07. The molecule has 0 unspecified atom stereocenters. The third-order valence-corrected chi connectivity index (χ3v) is 4.01. The average molecular weight is 251 g/mol. The van der Waals surface area contributed by atoms with Crippen LogP contribution in [0.15, 0.2) is 35.3 Å². The summed E-state index contributed by atoms with van der Waals surface area (Å²) >= 11 is 3.04. The second-order valence-electron chi connectivity index (χ2n) is 3.52. The van der Waals surface area contributed by atoms with Crippen LogP contribution < -0.4 is 0 Å². The second kappa shape index (κ2) is 5.55. The standard InChI is InChI=1S/C12H13NOS2/c1-15-8-7-10-12(14)16-11(13-10)9-5-3-2-4-6-9/h2-6,10H,7-8H2,1H3/t10-/m0/s1. The Hall–Kier alpha value is -0.740. The van der Waals surface area contributed by atoms with E-state index in [1.165, 1.54) is 11.8 Å². The predicted molar refractivity (Wildman–Crippen MR) is 72.4 cm³/mol. The molecule has 1 aliphatic rings. The molecule has 0 saturated heterocycles. The van der Waals surface area contributed by atoms with Crippen molar-refractivity contribution >= 4 is 33.7 Å². The maximum absolute atomic E-state index is 11.7. The maximum atomic E-state index is 11.7. The number of benzene rings is 1. The van der Waals surface area contributed by atoms with E-state index in [2.05, 4.69) is 4.99 Å². The number of hydrogen-bond acceptors (Lipinski definition) is 4. The summed E-state index contributed by atoms with van der Waals surface area (Å²) in [7, 11) is 0. The molecular weight excluding hydrogens is 238 g/mol. The minimum atomic E-state index is -0.132. The first kappa shape index (κ1) is 11.7. The smallest absolute Gasteiger partial charge is 0.219 e. The lowest BCUT2D eigenvalue weighted by Crippen LogP contribution is -2.11. The van der Waals surface area contributed by atoms with E-state index in [0.717, 1.165) is 22.8 Å². The molecule has 0 amide bonds. The van der Waals surface area contributed by atoms with Crippen LogP contribution in [0, 0.1) is 0 Å². The molecule has 0 spiro atoms. The van der Waals surface area contributed by atoms with Crippen LogP contribution in [0.5, 0.6) is 0 Å². The molecule has 0 N–H and O–H groups in total. The van der Waals surface area contributed by atoms with Crippen LogP contribution in [-0.2, 0) is 4.79 Å². The van der Waals surface area contributed by atoms with Crippen molar-refractivity contribution in [3.05, 3.63) is 35.9 Å². The molecule has 16 heavy (non-hydrogen) atoms. The van der Waals surface area contributed by atoms with Crippen molar-refractivity contribution in [1.29, 1.82) is 0 Å². The predicted octanol–water partition coefficient (Wildman–Crippen LogP) is 2.83. The van der Waals surface area contributed by atoms with Gasteiger partial charge >= 0.3 is 0 Å². The van der Waals surface area contributed by atoms with Crippen molar-refractivity contribution in [2.75, 3.05) is 12.0 Å². The number of hydrogen-bond donors (Lipinski definition) is 0. The molecule has 84 valence electrons. The molecule has 1 atom stereocenters. The third-order valence-electron chi connectivity index (χ3n) is 2.36. The third kappa shape index (κ3) is 2.68. The number of aliphatic imine (C=N–C) groups is 1. The van der Waals surface area contributed by atoms with Gasteiger partial charge in [0.15, 0.2) is 0 Å². The van der Waals surface area contributed by atoms with Gasteiger partial charge in [0.05, 0.1) is 0 Å². The lowest BCUT2D eigenvalue weighted by atomic mass is 10.2. The first-order valence-corrected chi connectivity index (χ1v) is 7.36. The van der Waals surface area contributed by atoms with E-state index < -0.39 is 0 Å². The minimum Gasteiger partial charge on any atom is -0.284 e. The van der Waals surface area contributed by atoms with Gasteiger partial charge < -0.3 is 0 Å². The van der Waals surface area contributed by atoms with Gasteiger partial charge in [0.2, 0.25) is 5.12 Å². The fraction of sp³-hybridized carbons (Fsp3) is 0.333. The zero-order valence-corrected chi connectivity index (χ0v) is 10.7. The Morgan fingerprint density at radius 2 is 2.12 bits per heavy atom. The number of rotatable bonds is 4. The van der Waals surface area contributed by atoms with Crippen LogP contribution in [0.4, 0.5) is 0 Å². The molecule has 1 aromatic rings. The molecule has 4 heteroatoms. The van der Waals surface area contributed by atoms with Crippen LogP contribution in [0.2, 0.25) is 0 Å². The van der Waals surface area contributed by atoms with Gasteiger partial charge in [0.25, 0.3) is 0 Å². The SMILES string of the molecule is CSCC[C@@H]1N=C(c2ccccc2)SC1=O. The highest BCUT2D eigenvalue weighted by Crippen LogP contribution is 2.27. The molecule has 0 aliphatic carbocycles. The Morgan fingerprint density at radius 3 is 2.81 bits per heavy atom. The highest BCUT2D eigenvalue weighted by Gasteiger charge is 2.27. The van der Waals surface area contributed by atoms with E-state index in [0.29, 0.717) is 0 Å². The number of thioether (sulfide) groups is 2. The van der Waals surface area contributed by atoms with Crippen molar-refractivity contribution in [3.63, 3.8) is 0 Å². The average Bonchev–Trinajstić information content (AvgIpc) is 2.69. The summed E-state index contributed by atoms with van der Waals surface area (Å²) in [6, 6.07) is 9.77. The van der Waals surface area contributed by atoms with Gasteiger partial charge in [-0.3, -0.25) is 9.79 Å². The molecule has 0 saturated carbocycles. The zero-order chi connectivity index (χ0) is 11.4. The highest BCUT2D eigenvalue weighted by molar-refractivity contribution is 8.27. The van der Waals surface area contributed by atoms with E-state index in [1.54, 1.807) is 11.8 Å². The second-order valence-corrected chi connectivity index (χ2v) is 5.50. The molecule has 1 aromatic carbocycles. The van der Waals surface area contributed by atoms with Crippen molar-refractivity contribution in [2.45, 2.75) is 12.5 Å². The highest BCUT2D eigenvalue weighted by atomic mass is 32.2. The van der Waals surface area contributed by atoms with Gasteiger partial charge in [-0.05, 0) is 30.2 Å². The molecule has 2 rings (SSSR count). The van der Waals surface area contributed by atoms with Crippen molar-refractivity contribution in [1.82, 2.24) is 0 Å². The maximum Gasteiger partial charge on any atom is 0.219 e. The van der Waals surface area contributed by atoms with Crippen LogP contribution in [0.25, 0.3) is 0 Å². The van der Waals surface area contributed by atoms with E-state index in [4.69, 9.17) is 0 Å². The van der Waals surface area contributed by atoms with Gasteiger partial charge in [-0.1, -0.05) is 30.3 Å². The monoisotopic (exact) mass is 251 g/mol. The van der Waals surface area contributed by atoms with Crippen LogP contribution in [0.3, 0.4) is 0 Å². The largest absolute Gasteiger partial charge is 0.284 e. The summed E-state index contributed by atoms with van der Waals surface area (Å²) in [6.07, 6.45) is 2.90. The molecule has 0 bridgehead atoms. The minimum absolute atomic E-state index is 0.132. The number of nitrogens with zero attached hydrogens (tertiary/aromatic N) is 1. The van der Waals surface area contributed by atoms with Gasteiger partial charge in [-0.25, -0.2) is 0 Å². The first-order valence-electron chi connectivity index (χ1n) is 5.15. The topological polar surface area (TPSA) is 29.4 Å². The number of carbonyl (C=O) groups excluding carboxylic acids is 1. The Bertz CT molecular complexity index is 403. The lowest BCUT2D eigenvalue weighted by molar-refractivity contribution is -0.111. The molecule has 0 radical (unpaired) electrons. The summed E-state index contributed by atoms with van der Waals surface area (Å²) in [5, 5.41) is 1.06. The molecule has 0 aromatic heterocycles. The quantitative estimate of drug-likeness (QED) is 0.824. The molecular formula is C12H13NOS2. The Labute approximate surface area is 104 Å². The molecule has 2 nitrogen and oxygen atoms in total. The van der Waals surface area contributed by atoms with Crippen LogP contribution >= 0.6 is 23.5 Å². The van der Waals surface area contributed by atoms with E-state index in [-0.39, 0.29) is 11.2 Å². The van der Waals surface area contributed by atoms with Crippen LogP contribution in [0.1, 0.15) is 12.0 Å². The lowest BCUT2D eigenvalue weighted by Gasteiger charge is -2.00. The van der Waals surface area contributed by atoms with Gasteiger partial charge in [-0.15, -0.1) is 0 Å².